The van der Waals surface area contributed by atoms with Crippen LogP contribution in [0.5, 0.6) is 0 Å². The molecule has 0 aliphatic carbocycles. The first-order chi connectivity index (χ1) is 11.8. The molecule has 0 spiro atoms. The van der Waals surface area contributed by atoms with Crippen LogP contribution in [0.1, 0.15) is 26.4 Å². The Kier molecular flexibility index (Phi) is 5.20. The van der Waals surface area contributed by atoms with Crippen LogP contribution >= 0.6 is 63.7 Å². The normalized spacial score (nSPS) is 14.8. The van der Waals surface area contributed by atoms with Gasteiger partial charge in [-0.1, -0.05) is 0 Å². The number of rotatable bonds is 4. The molecule has 1 aliphatic rings. The summed E-state index contributed by atoms with van der Waals surface area (Å²) in [5.41, 5.74) is 0.636. The van der Waals surface area contributed by atoms with E-state index in [1.165, 1.54) is 12.5 Å². The van der Waals surface area contributed by atoms with Gasteiger partial charge in [0.15, 0.2) is 0 Å². The molecule has 1 N–H and O–H groups in total. The number of hydrogen-bond donors (Lipinski definition) is 1. The molecule has 11 heteroatoms. The molecule has 1 aromatic carbocycles. The third-order valence-electron chi connectivity index (χ3n) is 3.68. The van der Waals surface area contributed by atoms with E-state index in [0.29, 0.717) is 28.5 Å². The summed E-state index contributed by atoms with van der Waals surface area (Å²) < 4.78 is 1.77. The van der Waals surface area contributed by atoms with Crippen molar-refractivity contribution in [3.63, 3.8) is 0 Å². The molecule has 0 fully saturated rings. The maximum absolute atomic E-state index is 12.8. The van der Waals surface area contributed by atoms with Gasteiger partial charge >= 0.3 is 0 Å². The van der Waals surface area contributed by atoms with Gasteiger partial charge in [0, 0.05) is 36.2 Å². The van der Waals surface area contributed by atoms with E-state index in [-0.39, 0.29) is 17.5 Å². The number of hydrogen-bond acceptors (Lipinski definition) is 5. The lowest BCUT2D eigenvalue weighted by molar-refractivity contribution is -0.310. The Morgan fingerprint density at radius 2 is 1.60 bits per heavy atom. The second kappa shape index (κ2) is 6.93. The number of imidazole rings is 1. The monoisotopic (exact) mass is 596 g/mol. The molecule has 1 aromatic heterocycles. The molecule has 0 saturated carbocycles. The van der Waals surface area contributed by atoms with Crippen molar-refractivity contribution >= 4 is 81.5 Å². The highest BCUT2D eigenvalue weighted by atomic mass is 79.9. The number of carbonyl (C=O) groups is 3. The number of aliphatic carboxylic acids is 1. The fourth-order valence-corrected chi connectivity index (χ4v) is 4.99. The summed E-state index contributed by atoms with van der Waals surface area (Å²) in [6.45, 7) is 0. The van der Waals surface area contributed by atoms with Crippen molar-refractivity contribution in [3.8, 4) is 0 Å². The van der Waals surface area contributed by atoms with Crippen LogP contribution in [0.2, 0.25) is 0 Å². The fraction of sp³-hybridized carbons (Fsp3) is 0.143. The third-order valence-corrected chi connectivity index (χ3v) is 8.45. The predicted molar refractivity (Wildman–Crippen MR) is 98.8 cm³/mol. The van der Waals surface area contributed by atoms with Gasteiger partial charge in [-0.25, -0.2) is 4.98 Å². The SMILES string of the molecule is O=C([O-])[C@H](Cc1cnc[nH]1)N1C(=O)c2c(Br)c(Br)c(Br)c(Br)c2C1=O. The van der Waals surface area contributed by atoms with Crippen molar-refractivity contribution in [1.82, 2.24) is 14.9 Å². The highest BCUT2D eigenvalue weighted by molar-refractivity contribution is 9.15. The van der Waals surface area contributed by atoms with Crippen molar-refractivity contribution in [1.29, 1.82) is 0 Å². The summed E-state index contributed by atoms with van der Waals surface area (Å²) in [7, 11) is 0. The Labute approximate surface area is 174 Å². The molecular weight excluding hydrogens is 594 g/mol. The van der Waals surface area contributed by atoms with Crippen molar-refractivity contribution in [3.05, 3.63) is 47.2 Å². The van der Waals surface area contributed by atoms with Crippen LogP contribution < -0.4 is 5.11 Å². The number of carboxylic acids is 1. The van der Waals surface area contributed by atoms with Gasteiger partial charge in [0.05, 0.1) is 29.5 Å². The molecule has 2 heterocycles. The molecule has 2 amide bonds. The van der Waals surface area contributed by atoms with E-state index in [1.807, 2.05) is 0 Å². The van der Waals surface area contributed by atoms with Crippen LogP contribution in [0.15, 0.2) is 30.4 Å². The van der Waals surface area contributed by atoms with Crippen molar-refractivity contribution < 1.29 is 19.5 Å². The number of aromatic amines is 1. The smallest absolute Gasteiger partial charge is 0.263 e. The Morgan fingerprint density at radius 1 is 1.08 bits per heavy atom. The van der Waals surface area contributed by atoms with Gasteiger partial charge in [-0.3, -0.25) is 14.5 Å². The summed E-state index contributed by atoms with van der Waals surface area (Å²) in [5, 5.41) is 11.6. The Hall–Kier alpha value is -1.04. The molecule has 25 heavy (non-hydrogen) atoms. The number of imide groups is 1. The van der Waals surface area contributed by atoms with Gasteiger partial charge in [-0.15, -0.1) is 0 Å². The zero-order valence-corrected chi connectivity index (χ0v) is 18.3. The van der Waals surface area contributed by atoms with Crippen LogP contribution in [0.3, 0.4) is 0 Å². The molecule has 130 valence electrons. The predicted octanol–water partition coefficient (Wildman–Crippen LogP) is 2.42. The number of carbonyl (C=O) groups excluding carboxylic acids is 3. The van der Waals surface area contributed by atoms with E-state index in [1.54, 1.807) is 0 Å². The van der Waals surface area contributed by atoms with Crippen molar-refractivity contribution in [2.45, 2.75) is 12.5 Å². The van der Waals surface area contributed by atoms with Gasteiger partial charge in [-0.05, 0) is 63.7 Å². The van der Waals surface area contributed by atoms with Crippen molar-refractivity contribution in [2.75, 3.05) is 0 Å². The van der Waals surface area contributed by atoms with E-state index in [9.17, 15) is 19.5 Å². The molecule has 0 unspecified atom stereocenters. The summed E-state index contributed by atoms with van der Waals surface area (Å²) in [4.78, 5) is 44.5. The quantitative estimate of drug-likeness (QED) is 0.330. The largest absolute Gasteiger partial charge is 0.548 e. The number of carboxylic acid groups (broad SMARTS) is 1. The topological polar surface area (TPSA) is 106 Å². The van der Waals surface area contributed by atoms with E-state index < -0.39 is 23.8 Å². The number of nitrogens with zero attached hydrogens (tertiary/aromatic N) is 2. The highest BCUT2D eigenvalue weighted by Gasteiger charge is 2.44. The number of halogens is 4. The van der Waals surface area contributed by atoms with E-state index in [4.69, 9.17) is 0 Å². The molecule has 7 nitrogen and oxygen atoms in total. The lowest BCUT2D eigenvalue weighted by Gasteiger charge is -2.26. The third kappa shape index (κ3) is 3.00. The highest BCUT2D eigenvalue weighted by Crippen LogP contribution is 2.45. The van der Waals surface area contributed by atoms with Gasteiger partial charge in [-0.2, -0.15) is 0 Å². The summed E-state index contributed by atoms with van der Waals surface area (Å²) in [6, 6.07) is -1.47. The number of aromatic nitrogens is 2. The minimum Gasteiger partial charge on any atom is -0.548 e. The minimum atomic E-state index is -1.53. The Balaban J connectivity index is 2.11. The molecule has 0 radical (unpaired) electrons. The second-order valence-electron chi connectivity index (χ2n) is 5.10. The zero-order chi connectivity index (χ0) is 18.5. The first-order valence-corrected chi connectivity index (χ1v) is 9.84. The van der Waals surface area contributed by atoms with Gasteiger partial charge in [0.25, 0.3) is 11.8 Å². The van der Waals surface area contributed by atoms with Crippen molar-refractivity contribution in [2.24, 2.45) is 0 Å². The van der Waals surface area contributed by atoms with Crippen LogP contribution in [-0.2, 0) is 11.2 Å². The number of amides is 2. The average molecular weight is 600 g/mol. The van der Waals surface area contributed by atoms with Gasteiger partial charge in [0.1, 0.15) is 0 Å². The molecule has 0 bridgehead atoms. The molecule has 3 rings (SSSR count). The molecule has 1 aliphatic heterocycles. The summed E-state index contributed by atoms with van der Waals surface area (Å²) >= 11 is 13.2. The molecular formula is C14H6Br4N3O4-. The molecule has 2 aromatic rings. The van der Waals surface area contributed by atoms with Gasteiger partial charge < -0.3 is 14.9 Å². The van der Waals surface area contributed by atoms with E-state index in [0.717, 1.165) is 0 Å². The summed E-state index contributed by atoms with van der Waals surface area (Å²) in [6.07, 6.45) is 2.67. The van der Waals surface area contributed by atoms with E-state index >= 15 is 0 Å². The maximum atomic E-state index is 12.8. The number of benzene rings is 1. The number of nitrogens with one attached hydrogen (secondary N) is 1. The number of H-pyrrole nitrogens is 1. The fourth-order valence-electron chi connectivity index (χ4n) is 2.53. The zero-order valence-electron chi connectivity index (χ0n) is 12.0. The first-order valence-electron chi connectivity index (χ1n) is 6.67. The Morgan fingerprint density at radius 3 is 2.00 bits per heavy atom. The lowest BCUT2D eigenvalue weighted by atomic mass is 10.1. The number of fused-ring (bicyclic) bond motifs is 1. The average Bonchev–Trinajstić information content (AvgIpc) is 3.15. The Bertz CT molecular complexity index is 867. The van der Waals surface area contributed by atoms with Crippen LogP contribution in [0, 0.1) is 0 Å². The van der Waals surface area contributed by atoms with Crippen LogP contribution in [0.4, 0.5) is 0 Å². The first kappa shape index (κ1) is 18.7. The molecule has 0 saturated heterocycles. The summed E-state index contributed by atoms with van der Waals surface area (Å²) in [5.74, 6) is -2.96. The van der Waals surface area contributed by atoms with Gasteiger partial charge in [0.2, 0.25) is 0 Å². The van der Waals surface area contributed by atoms with Crippen LogP contribution in [-0.4, -0.2) is 38.7 Å². The van der Waals surface area contributed by atoms with Crippen LogP contribution in [0.25, 0.3) is 0 Å². The second-order valence-corrected chi connectivity index (χ2v) is 8.27. The standard InChI is InChI=1S/C14H7Br4N3O4/c15-8-6-7(9(16)11(18)10(8)17)13(23)21(12(6)22)5(14(24)25)1-4-2-19-3-20-4/h2-3,5H,1H2,(H,19,20)(H,24,25)/p-1/t5-/m0/s1. The minimum absolute atomic E-state index is 0.0859. The lowest BCUT2D eigenvalue weighted by Crippen LogP contribution is -2.51. The maximum Gasteiger partial charge on any atom is 0.263 e. The van der Waals surface area contributed by atoms with E-state index in [2.05, 4.69) is 73.7 Å². The molecule has 1 atom stereocenters.